The smallest absolute Gasteiger partial charge is 0.261 e. The molecule has 1 rings (SSSR count). The number of nitrogens with one attached hydrogen (secondary N) is 1. The molecule has 90 valence electrons. The number of carbonyl (C=O) groups excluding carboxylic acids is 1. The molecule has 0 unspecified atom stereocenters. The lowest BCUT2D eigenvalue weighted by Crippen LogP contribution is -2.35. The Morgan fingerprint density at radius 1 is 1.44 bits per heavy atom. The Bertz CT molecular complexity index is 309. The summed E-state index contributed by atoms with van der Waals surface area (Å²) in [5.74, 6) is 0.510. The van der Waals surface area contributed by atoms with Crippen molar-refractivity contribution in [2.45, 2.75) is 26.8 Å². The Hall–Kier alpha value is -0.870. The van der Waals surface area contributed by atoms with Crippen LogP contribution in [0.5, 0.6) is 0 Å². The fourth-order valence-electron chi connectivity index (χ4n) is 1.22. The normalized spacial score (nSPS) is 12.8. The SMILES string of the molecule is CC(C)COC[C@@H](C)NC(=O)c1cccs1. The van der Waals surface area contributed by atoms with Crippen LogP contribution in [-0.4, -0.2) is 25.2 Å². The van der Waals surface area contributed by atoms with Gasteiger partial charge in [0.2, 0.25) is 0 Å². The summed E-state index contributed by atoms with van der Waals surface area (Å²) in [6.45, 7) is 7.46. The van der Waals surface area contributed by atoms with Gasteiger partial charge in [0.1, 0.15) is 0 Å². The van der Waals surface area contributed by atoms with E-state index >= 15 is 0 Å². The maximum absolute atomic E-state index is 11.7. The molecule has 4 heteroatoms. The quantitative estimate of drug-likeness (QED) is 0.831. The Labute approximate surface area is 101 Å². The average Bonchev–Trinajstić information content (AvgIpc) is 2.69. The van der Waals surface area contributed by atoms with E-state index in [1.165, 1.54) is 11.3 Å². The molecule has 0 aliphatic heterocycles. The molecule has 16 heavy (non-hydrogen) atoms. The Balaban J connectivity index is 2.24. The molecule has 0 radical (unpaired) electrons. The van der Waals surface area contributed by atoms with Crippen LogP contribution in [0, 0.1) is 5.92 Å². The monoisotopic (exact) mass is 241 g/mol. The number of ether oxygens (including phenoxy) is 1. The van der Waals surface area contributed by atoms with Crippen LogP contribution in [0.2, 0.25) is 0 Å². The average molecular weight is 241 g/mol. The van der Waals surface area contributed by atoms with E-state index in [4.69, 9.17) is 4.74 Å². The molecule has 1 atom stereocenters. The first-order valence-corrected chi connectivity index (χ1v) is 6.39. The lowest BCUT2D eigenvalue weighted by molar-refractivity contribution is 0.0794. The van der Waals surface area contributed by atoms with Crippen molar-refractivity contribution in [3.63, 3.8) is 0 Å². The Morgan fingerprint density at radius 3 is 2.75 bits per heavy atom. The van der Waals surface area contributed by atoms with Gasteiger partial charge in [-0.3, -0.25) is 4.79 Å². The molecule has 1 heterocycles. The van der Waals surface area contributed by atoms with Gasteiger partial charge in [0, 0.05) is 12.6 Å². The van der Waals surface area contributed by atoms with E-state index in [-0.39, 0.29) is 11.9 Å². The molecule has 1 aromatic heterocycles. The minimum absolute atomic E-state index is 0.0179. The number of carbonyl (C=O) groups is 1. The van der Waals surface area contributed by atoms with Crippen molar-refractivity contribution in [3.05, 3.63) is 22.4 Å². The second-order valence-corrected chi connectivity index (χ2v) is 5.23. The van der Waals surface area contributed by atoms with Gasteiger partial charge >= 0.3 is 0 Å². The minimum Gasteiger partial charge on any atom is -0.379 e. The van der Waals surface area contributed by atoms with Crippen LogP contribution >= 0.6 is 11.3 Å². The second kappa shape index (κ2) is 6.66. The fraction of sp³-hybridized carbons (Fsp3) is 0.583. The van der Waals surface area contributed by atoms with Crippen LogP contribution in [0.15, 0.2) is 17.5 Å². The van der Waals surface area contributed by atoms with Crippen LogP contribution in [0.25, 0.3) is 0 Å². The standard InChI is InChI=1S/C12H19NO2S/c1-9(2)7-15-8-10(3)13-12(14)11-5-4-6-16-11/h4-6,9-10H,7-8H2,1-3H3,(H,13,14)/t10-/m1/s1. The zero-order valence-corrected chi connectivity index (χ0v) is 10.8. The van der Waals surface area contributed by atoms with E-state index in [9.17, 15) is 4.79 Å². The predicted molar refractivity (Wildman–Crippen MR) is 66.9 cm³/mol. The molecule has 0 spiro atoms. The van der Waals surface area contributed by atoms with Gasteiger partial charge in [-0.2, -0.15) is 0 Å². The first-order chi connectivity index (χ1) is 7.59. The van der Waals surface area contributed by atoms with E-state index in [0.29, 0.717) is 12.5 Å². The fourth-order valence-corrected chi connectivity index (χ4v) is 1.85. The molecule has 0 aliphatic rings. The molecule has 0 aromatic carbocycles. The van der Waals surface area contributed by atoms with Crippen LogP contribution in [0.4, 0.5) is 0 Å². The van der Waals surface area contributed by atoms with Gasteiger partial charge in [-0.25, -0.2) is 0 Å². The number of amides is 1. The van der Waals surface area contributed by atoms with E-state index in [1.54, 1.807) is 0 Å². The van der Waals surface area contributed by atoms with Crippen molar-refractivity contribution < 1.29 is 9.53 Å². The van der Waals surface area contributed by atoms with Crippen molar-refractivity contribution in [2.24, 2.45) is 5.92 Å². The predicted octanol–water partition coefficient (Wildman–Crippen LogP) is 2.54. The highest BCUT2D eigenvalue weighted by atomic mass is 32.1. The van der Waals surface area contributed by atoms with E-state index in [0.717, 1.165) is 11.5 Å². The summed E-state index contributed by atoms with van der Waals surface area (Å²) in [6.07, 6.45) is 0. The van der Waals surface area contributed by atoms with Crippen molar-refractivity contribution in [2.75, 3.05) is 13.2 Å². The number of hydrogen-bond acceptors (Lipinski definition) is 3. The van der Waals surface area contributed by atoms with E-state index in [2.05, 4.69) is 19.2 Å². The molecule has 0 fully saturated rings. The third-order valence-electron chi connectivity index (χ3n) is 1.94. The first-order valence-electron chi connectivity index (χ1n) is 5.51. The third kappa shape index (κ3) is 4.77. The largest absolute Gasteiger partial charge is 0.379 e. The van der Waals surface area contributed by atoms with Gasteiger partial charge in [-0.05, 0) is 24.3 Å². The van der Waals surface area contributed by atoms with Crippen molar-refractivity contribution in [3.8, 4) is 0 Å². The van der Waals surface area contributed by atoms with Gasteiger partial charge in [0.05, 0.1) is 11.5 Å². The summed E-state index contributed by atoms with van der Waals surface area (Å²) in [7, 11) is 0. The molecule has 3 nitrogen and oxygen atoms in total. The molecular weight excluding hydrogens is 222 g/mol. The Morgan fingerprint density at radius 2 is 2.19 bits per heavy atom. The molecule has 1 aromatic rings. The van der Waals surface area contributed by atoms with Gasteiger partial charge in [-0.15, -0.1) is 11.3 Å². The minimum atomic E-state index is -0.0179. The van der Waals surface area contributed by atoms with E-state index < -0.39 is 0 Å². The van der Waals surface area contributed by atoms with Gasteiger partial charge < -0.3 is 10.1 Å². The van der Waals surface area contributed by atoms with Gasteiger partial charge in [-0.1, -0.05) is 19.9 Å². The highest BCUT2D eigenvalue weighted by molar-refractivity contribution is 7.12. The lowest BCUT2D eigenvalue weighted by atomic mass is 10.2. The molecular formula is C12H19NO2S. The zero-order valence-electron chi connectivity index (χ0n) is 10.0. The maximum atomic E-state index is 11.7. The van der Waals surface area contributed by atoms with Crippen molar-refractivity contribution in [1.29, 1.82) is 0 Å². The lowest BCUT2D eigenvalue weighted by Gasteiger charge is -2.14. The first kappa shape index (κ1) is 13.2. The number of rotatable bonds is 6. The highest BCUT2D eigenvalue weighted by Crippen LogP contribution is 2.08. The van der Waals surface area contributed by atoms with E-state index in [1.807, 2.05) is 24.4 Å². The highest BCUT2D eigenvalue weighted by Gasteiger charge is 2.10. The molecule has 0 bridgehead atoms. The van der Waals surface area contributed by atoms with Crippen LogP contribution < -0.4 is 5.32 Å². The molecule has 0 saturated heterocycles. The zero-order chi connectivity index (χ0) is 12.0. The summed E-state index contributed by atoms with van der Waals surface area (Å²) >= 11 is 1.45. The van der Waals surface area contributed by atoms with Crippen LogP contribution in [0.3, 0.4) is 0 Å². The second-order valence-electron chi connectivity index (χ2n) is 4.28. The molecule has 0 saturated carbocycles. The van der Waals surface area contributed by atoms with Crippen molar-refractivity contribution >= 4 is 17.2 Å². The maximum Gasteiger partial charge on any atom is 0.261 e. The summed E-state index contributed by atoms with van der Waals surface area (Å²) in [5, 5.41) is 4.80. The van der Waals surface area contributed by atoms with Crippen LogP contribution in [0.1, 0.15) is 30.4 Å². The topological polar surface area (TPSA) is 38.3 Å². The number of hydrogen-bond donors (Lipinski definition) is 1. The van der Waals surface area contributed by atoms with Gasteiger partial charge in [0.15, 0.2) is 0 Å². The Kier molecular flexibility index (Phi) is 5.49. The van der Waals surface area contributed by atoms with Gasteiger partial charge in [0.25, 0.3) is 5.91 Å². The van der Waals surface area contributed by atoms with Crippen molar-refractivity contribution in [1.82, 2.24) is 5.32 Å². The molecule has 1 amide bonds. The summed E-state index contributed by atoms with van der Waals surface area (Å²) in [5.41, 5.74) is 0. The number of thiophene rings is 1. The summed E-state index contributed by atoms with van der Waals surface area (Å²) in [6, 6.07) is 3.75. The molecule has 1 N–H and O–H groups in total. The summed E-state index contributed by atoms with van der Waals surface area (Å²) in [4.78, 5) is 12.4. The summed E-state index contributed by atoms with van der Waals surface area (Å²) < 4.78 is 5.46. The van der Waals surface area contributed by atoms with Crippen LogP contribution in [-0.2, 0) is 4.74 Å². The molecule has 0 aliphatic carbocycles. The third-order valence-corrected chi connectivity index (χ3v) is 2.81.